The summed E-state index contributed by atoms with van der Waals surface area (Å²) in [4.78, 5) is 10.3. The summed E-state index contributed by atoms with van der Waals surface area (Å²) < 4.78 is 5.57. The van der Waals surface area contributed by atoms with Crippen molar-refractivity contribution in [3.05, 3.63) is 39.9 Å². The second-order valence-electron chi connectivity index (χ2n) is 7.16. The maximum absolute atomic E-state index is 10.9. The largest absolute Gasteiger partial charge is 1.00 e. The van der Waals surface area contributed by atoms with Crippen LogP contribution in [-0.4, -0.2) is 107 Å². The van der Waals surface area contributed by atoms with Crippen LogP contribution in [0.5, 0.6) is 0 Å². The first-order valence-electron chi connectivity index (χ1n) is 9.32. The van der Waals surface area contributed by atoms with Crippen molar-refractivity contribution >= 4 is 16.6 Å². The van der Waals surface area contributed by atoms with Gasteiger partial charge in [-0.2, -0.15) is 0 Å². The second-order valence-corrected chi connectivity index (χ2v) is 9.51. The molecule has 31 heavy (non-hydrogen) atoms. The van der Waals surface area contributed by atoms with E-state index in [1.54, 1.807) is 6.07 Å². The average molecular weight is 486 g/mol. The lowest BCUT2D eigenvalue weighted by Crippen LogP contribution is -3.00. The maximum atomic E-state index is 10.9. The van der Waals surface area contributed by atoms with Crippen LogP contribution in [0.25, 0.3) is 0 Å². The minimum atomic E-state index is -1.67. The van der Waals surface area contributed by atoms with Gasteiger partial charge in [0, 0.05) is 23.0 Å². The number of rotatable bonds is 11. The summed E-state index contributed by atoms with van der Waals surface area (Å²) >= 11 is 0. The topological polar surface area (TPSA) is 194 Å². The molecule has 1 aromatic rings. The Labute approximate surface area is 187 Å². The summed E-state index contributed by atoms with van der Waals surface area (Å²) in [5.41, 5.74) is 0.236. The number of benzene rings is 1. The van der Waals surface area contributed by atoms with E-state index in [1.807, 2.05) is 0 Å². The Morgan fingerprint density at radius 1 is 1.19 bits per heavy atom. The van der Waals surface area contributed by atoms with Crippen molar-refractivity contribution in [2.45, 2.75) is 48.5 Å². The number of aliphatic hydroxyl groups is 7. The third kappa shape index (κ3) is 7.22. The molecular weight excluding hydrogens is 458 g/mol. The summed E-state index contributed by atoms with van der Waals surface area (Å²) in [5.74, 6) is 0.119. The number of nitro groups is 1. The van der Waals surface area contributed by atoms with Gasteiger partial charge in [-0.25, -0.2) is 0 Å². The first kappa shape index (κ1) is 28.0. The van der Waals surface area contributed by atoms with Crippen molar-refractivity contribution in [1.82, 2.24) is 0 Å². The lowest BCUT2D eigenvalue weighted by Gasteiger charge is -2.29. The zero-order chi connectivity index (χ0) is 22.4. The van der Waals surface area contributed by atoms with Gasteiger partial charge in [-0.1, -0.05) is 12.1 Å². The maximum Gasteiger partial charge on any atom is 0.269 e. The van der Waals surface area contributed by atoms with Gasteiger partial charge in [0.05, 0.1) is 24.7 Å². The molecule has 1 aliphatic heterocycles. The van der Waals surface area contributed by atoms with Crippen LogP contribution in [0.2, 0.25) is 0 Å². The van der Waals surface area contributed by atoms with E-state index in [1.165, 1.54) is 18.2 Å². The summed E-state index contributed by atoms with van der Waals surface area (Å²) in [6, 6.07) is 5.58. The molecular formula is C18H28ClNO10S. The Balaban J connectivity index is 0.00000480. The van der Waals surface area contributed by atoms with Crippen molar-refractivity contribution < 1.29 is 57.8 Å². The van der Waals surface area contributed by atoms with Crippen LogP contribution < -0.4 is 12.4 Å². The smallest absolute Gasteiger partial charge is 0.269 e. The summed E-state index contributed by atoms with van der Waals surface area (Å²) in [6.45, 7) is -1.40. The van der Waals surface area contributed by atoms with Crippen LogP contribution in [0.15, 0.2) is 24.3 Å². The average Bonchev–Trinajstić information content (AvgIpc) is 2.99. The molecule has 1 saturated heterocycles. The normalized spacial score (nSPS) is 27.2. The van der Waals surface area contributed by atoms with Crippen molar-refractivity contribution in [3.8, 4) is 0 Å². The fourth-order valence-electron chi connectivity index (χ4n) is 3.32. The summed E-state index contributed by atoms with van der Waals surface area (Å²) in [5, 5.41) is 79.4. The Bertz CT molecular complexity index is 701. The molecule has 0 aliphatic carbocycles. The zero-order valence-electron chi connectivity index (χ0n) is 16.5. The summed E-state index contributed by atoms with van der Waals surface area (Å²) in [6.07, 6.45) is -8.19. The Morgan fingerprint density at radius 3 is 2.45 bits per heavy atom. The number of halogens is 1. The van der Waals surface area contributed by atoms with Gasteiger partial charge in [0.25, 0.3) is 5.69 Å². The third-order valence-electron chi connectivity index (χ3n) is 5.01. The predicted octanol–water partition coefficient (Wildman–Crippen LogP) is -5.73. The molecule has 1 aromatic carbocycles. The van der Waals surface area contributed by atoms with E-state index in [-0.39, 0.29) is 36.2 Å². The number of hydrogen-bond acceptors (Lipinski definition) is 10. The Hall–Kier alpha value is -1.06. The van der Waals surface area contributed by atoms with E-state index in [0.29, 0.717) is 5.56 Å². The number of aliphatic hydroxyl groups excluding tert-OH is 7. The Morgan fingerprint density at radius 2 is 1.87 bits per heavy atom. The molecule has 0 radical (unpaired) electrons. The molecule has 0 saturated carbocycles. The van der Waals surface area contributed by atoms with Crippen LogP contribution in [-0.2, 0) is 22.2 Å². The number of ether oxygens (including phenoxy) is 1. The molecule has 1 aliphatic rings. The van der Waals surface area contributed by atoms with Crippen molar-refractivity contribution in [1.29, 1.82) is 0 Å². The van der Waals surface area contributed by atoms with Crippen LogP contribution in [0, 0.1) is 10.1 Å². The number of nitro benzene ring substituents is 1. The molecule has 8 atom stereocenters. The van der Waals surface area contributed by atoms with Gasteiger partial charge in [0.15, 0.2) is 5.25 Å². The lowest BCUT2D eigenvalue weighted by molar-refractivity contribution is -0.385. The third-order valence-corrected chi connectivity index (χ3v) is 7.84. The molecule has 0 amide bonds. The van der Waals surface area contributed by atoms with E-state index in [2.05, 4.69) is 0 Å². The van der Waals surface area contributed by atoms with Crippen molar-refractivity contribution in [2.75, 3.05) is 24.7 Å². The van der Waals surface area contributed by atoms with Gasteiger partial charge >= 0.3 is 0 Å². The van der Waals surface area contributed by atoms with E-state index in [4.69, 9.17) is 9.84 Å². The van der Waals surface area contributed by atoms with E-state index in [0.717, 1.165) is 0 Å². The van der Waals surface area contributed by atoms with Gasteiger partial charge in [0.1, 0.15) is 48.1 Å². The highest BCUT2D eigenvalue weighted by molar-refractivity contribution is 7.97. The van der Waals surface area contributed by atoms with Gasteiger partial charge in [-0.3, -0.25) is 10.1 Å². The van der Waals surface area contributed by atoms with Crippen molar-refractivity contribution in [3.63, 3.8) is 0 Å². The highest BCUT2D eigenvalue weighted by atomic mass is 35.5. The van der Waals surface area contributed by atoms with E-state index < -0.39 is 70.9 Å². The lowest BCUT2D eigenvalue weighted by atomic mass is 10.0. The number of hydrogen-bond donors (Lipinski definition) is 7. The molecule has 1 heterocycles. The highest BCUT2D eigenvalue weighted by Gasteiger charge is 2.51. The molecule has 1 unspecified atom stereocenters. The second kappa shape index (κ2) is 12.8. The molecule has 13 heteroatoms. The van der Waals surface area contributed by atoms with Crippen LogP contribution >= 0.6 is 0 Å². The highest BCUT2D eigenvalue weighted by Crippen LogP contribution is 2.26. The molecule has 1 fully saturated rings. The zero-order valence-corrected chi connectivity index (χ0v) is 18.0. The predicted molar refractivity (Wildman–Crippen MR) is 107 cm³/mol. The standard InChI is InChI=1S/C18H28NO10S.ClH/c20-5-12(22)17(26)18(29-7-10-2-1-3-11(4-10)19(27)28)14(24)9-30-8-13(23)16(25)15(30)6-21;/h1-4,12-18,20-26H,5-9H2;1H/q+1;/p-1/t12-,13+,14+,15+,16-,17+,18-,30?;/m0./s1. The van der Waals surface area contributed by atoms with Crippen LogP contribution in [0.1, 0.15) is 5.56 Å². The molecule has 0 aromatic heterocycles. The molecule has 7 N–H and O–H groups in total. The number of non-ortho nitro benzene ring substituents is 1. The SMILES string of the molecule is O=[N+]([O-])c1cccc(CO[C@H]([C@H](O)[C@@H](O)CO)[C@H](O)C[S+]2C[C@@H](O)[C@H](O)[C@H]2CO)c1.[Cl-]. The van der Waals surface area contributed by atoms with Crippen LogP contribution in [0.3, 0.4) is 0 Å². The van der Waals surface area contributed by atoms with Gasteiger partial charge in [-0.15, -0.1) is 0 Å². The fourth-order valence-corrected chi connectivity index (χ4v) is 6.00. The van der Waals surface area contributed by atoms with E-state index in [9.17, 15) is 40.8 Å². The van der Waals surface area contributed by atoms with Crippen LogP contribution in [0.4, 0.5) is 5.69 Å². The van der Waals surface area contributed by atoms with Gasteiger partial charge in [0.2, 0.25) is 0 Å². The molecule has 178 valence electrons. The summed E-state index contributed by atoms with van der Waals surface area (Å²) in [7, 11) is -0.790. The first-order chi connectivity index (χ1) is 14.2. The van der Waals surface area contributed by atoms with E-state index >= 15 is 0 Å². The Kier molecular flexibility index (Phi) is 11.6. The van der Waals surface area contributed by atoms with Gasteiger partial charge < -0.3 is 52.9 Å². The van der Waals surface area contributed by atoms with Gasteiger partial charge in [-0.05, 0) is 5.56 Å². The molecule has 0 bridgehead atoms. The minimum Gasteiger partial charge on any atom is -1.00 e. The van der Waals surface area contributed by atoms with Crippen molar-refractivity contribution in [2.24, 2.45) is 0 Å². The molecule has 2 rings (SSSR count). The monoisotopic (exact) mass is 485 g/mol. The fraction of sp³-hybridized carbons (Fsp3) is 0.667. The quantitative estimate of drug-likeness (QED) is 0.0901. The molecule has 0 spiro atoms. The number of nitrogens with zero attached hydrogens (tertiary/aromatic N) is 1. The first-order valence-corrected chi connectivity index (χ1v) is 11.0. The molecule has 11 nitrogen and oxygen atoms in total. The minimum absolute atomic E-state index is 0.